The predicted octanol–water partition coefficient (Wildman–Crippen LogP) is 1.02. The van der Waals surface area contributed by atoms with Gasteiger partial charge in [0.15, 0.2) is 11.5 Å². The van der Waals surface area contributed by atoms with Crippen molar-refractivity contribution in [3.63, 3.8) is 0 Å². The fraction of sp³-hybridized carbons (Fsp3) is 0.438. The van der Waals surface area contributed by atoms with Crippen molar-refractivity contribution in [3.05, 3.63) is 30.7 Å². The highest BCUT2D eigenvalue weighted by Gasteiger charge is 2.41. The first-order valence-electron chi connectivity index (χ1n) is 8.20. The Morgan fingerprint density at radius 2 is 1.62 bits per heavy atom. The quantitative estimate of drug-likeness (QED) is 0.754. The van der Waals surface area contributed by atoms with Crippen LogP contribution in [0.1, 0.15) is 5.56 Å². The van der Waals surface area contributed by atoms with Crippen LogP contribution in [-0.4, -0.2) is 56.1 Å². The average molecular weight is 322 g/mol. The number of H-pyrrole nitrogens is 1. The molecule has 3 aromatic heterocycles. The molecule has 0 bridgehead atoms. The first-order valence-corrected chi connectivity index (χ1v) is 8.20. The van der Waals surface area contributed by atoms with Crippen LogP contribution in [0.4, 0.5) is 11.6 Å². The summed E-state index contributed by atoms with van der Waals surface area (Å²) in [5, 5.41) is 0. The third kappa shape index (κ3) is 2.02. The van der Waals surface area contributed by atoms with Crippen LogP contribution >= 0.6 is 0 Å². The molecule has 1 N–H and O–H groups in total. The molecule has 0 radical (unpaired) electrons. The van der Waals surface area contributed by atoms with Gasteiger partial charge < -0.3 is 14.8 Å². The van der Waals surface area contributed by atoms with Crippen LogP contribution in [0.3, 0.4) is 0 Å². The molecule has 5 rings (SSSR count). The highest BCUT2D eigenvalue weighted by Crippen LogP contribution is 2.36. The summed E-state index contributed by atoms with van der Waals surface area (Å²) in [6.45, 7) is 6.17. The Balaban J connectivity index is 1.37. The van der Waals surface area contributed by atoms with Crippen molar-refractivity contribution in [1.29, 1.82) is 0 Å². The van der Waals surface area contributed by atoms with E-state index in [4.69, 9.17) is 0 Å². The maximum atomic E-state index is 4.49. The summed E-state index contributed by atoms with van der Waals surface area (Å²) in [4.78, 5) is 29.4. The summed E-state index contributed by atoms with van der Waals surface area (Å²) >= 11 is 0. The van der Waals surface area contributed by atoms with Crippen LogP contribution in [0, 0.1) is 18.8 Å². The first-order chi connectivity index (χ1) is 11.8. The highest BCUT2D eigenvalue weighted by atomic mass is 15.3. The molecule has 2 unspecified atom stereocenters. The average Bonchev–Trinajstić information content (AvgIpc) is 3.28. The Morgan fingerprint density at radius 1 is 0.917 bits per heavy atom. The van der Waals surface area contributed by atoms with Crippen molar-refractivity contribution in [1.82, 2.24) is 29.9 Å². The Morgan fingerprint density at radius 3 is 2.38 bits per heavy atom. The Bertz CT molecular complexity index is 876. The lowest BCUT2D eigenvalue weighted by atomic mass is 10.0. The molecule has 2 atom stereocenters. The molecule has 122 valence electrons. The fourth-order valence-corrected chi connectivity index (χ4v) is 4.05. The van der Waals surface area contributed by atoms with Crippen molar-refractivity contribution in [2.45, 2.75) is 6.92 Å². The number of rotatable bonds is 2. The van der Waals surface area contributed by atoms with Crippen LogP contribution in [0.5, 0.6) is 0 Å². The summed E-state index contributed by atoms with van der Waals surface area (Å²) in [5.74, 6) is 3.31. The van der Waals surface area contributed by atoms with Gasteiger partial charge in [0.25, 0.3) is 0 Å². The summed E-state index contributed by atoms with van der Waals surface area (Å²) in [7, 11) is 0. The highest BCUT2D eigenvalue weighted by molar-refractivity contribution is 5.82. The SMILES string of the molecule is Cc1cncnc1N1CC2CN(c3ncnc4nc[nH]c34)CC2C1. The van der Waals surface area contributed by atoms with Crippen molar-refractivity contribution >= 4 is 22.8 Å². The largest absolute Gasteiger partial charge is 0.356 e. The molecule has 3 aromatic rings. The van der Waals surface area contributed by atoms with Crippen molar-refractivity contribution in [3.8, 4) is 0 Å². The topological polar surface area (TPSA) is 86.7 Å². The van der Waals surface area contributed by atoms with E-state index in [0.717, 1.165) is 54.5 Å². The number of imidazole rings is 1. The van der Waals surface area contributed by atoms with Gasteiger partial charge in [-0.2, -0.15) is 0 Å². The third-order valence-electron chi connectivity index (χ3n) is 5.16. The molecule has 24 heavy (non-hydrogen) atoms. The van der Waals surface area contributed by atoms with Crippen LogP contribution in [0.15, 0.2) is 25.2 Å². The monoisotopic (exact) mass is 322 g/mol. The number of hydrogen-bond acceptors (Lipinski definition) is 7. The molecule has 2 aliphatic heterocycles. The zero-order chi connectivity index (χ0) is 16.1. The van der Waals surface area contributed by atoms with Gasteiger partial charge in [-0.1, -0.05) is 0 Å². The number of anilines is 2. The van der Waals surface area contributed by atoms with Crippen molar-refractivity contribution in [2.75, 3.05) is 36.0 Å². The second kappa shape index (κ2) is 5.12. The fourth-order valence-electron chi connectivity index (χ4n) is 4.05. The summed E-state index contributed by atoms with van der Waals surface area (Å²) < 4.78 is 0. The van der Waals surface area contributed by atoms with Gasteiger partial charge in [0.1, 0.15) is 24.0 Å². The van der Waals surface area contributed by atoms with Crippen molar-refractivity contribution < 1.29 is 0 Å². The molecular weight excluding hydrogens is 304 g/mol. The van der Waals surface area contributed by atoms with Gasteiger partial charge in [-0.3, -0.25) is 0 Å². The molecule has 2 fully saturated rings. The van der Waals surface area contributed by atoms with Gasteiger partial charge in [-0.25, -0.2) is 24.9 Å². The Hall–Kier alpha value is -2.77. The second-order valence-corrected chi connectivity index (χ2v) is 6.66. The maximum absolute atomic E-state index is 4.49. The van der Waals surface area contributed by atoms with E-state index in [-0.39, 0.29) is 0 Å². The number of hydrogen-bond donors (Lipinski definition) is 1. The molecule has 0 aliphatic carbocycles. The van der Waals surface area contributed by atoms with E-state index in [1.807, 2.05) is 6.20 Å². The minimum absolute atomic E-state index is 0.632. The minimum Gasteiger partial charge on any atom is -0.356 e. The Kier molecular flexibility index (Phi) is 2.91. The zero-order valence-corrected chi connectivity index (χ0v) is 13.4. The summed E-state index contributed by atoms with van der Waals surface area (Å²) in [6.07, 6.45) is 6.81. The maximum Gasteiger partial charge on any atom is 0.182 e. The molecule has 8 nitrogen and oxygen atoms in total. The van der Waals surface area contributed by atoms with Crippen LogP contribution in [0.25, 0.3) is 11.2 Å². The van der Waals surface area contributed by atoms with E-state index in [0.29, 0.717) is 11.8 Å². The lowest BCUT2D eigenvalue weighted by Gasteiger charge is -2.23. The molecular formula is C16H18N8. The van der Waals surface area contributed by atoms with Gasteiger partial charge in [-0.15, -0.1) is 0 Å². The van der Waals surface area contributed by atoms with E-state index in [9.17, 15) is 0 Å². The summed E-state index contributed by atoms with van der Waals surface area (Å²) in [6, 6.07) is 0. The molecule has 2 aliphatic rings. The number of aryl methyl sites for hydroxylation is 1. The minimum atomic E-state index is 0.632. The number of fused-ring (bicyclic) bond motifs is 2. The van der Waals surface area contributed by atoms with E-state index >= 15 is 0 Å². The second-order valence-electron chi connectivity index (χ2n) is 6.66. The summed E-state index contributed by atoms with van der Waals surface area (Å²) in [5.41, 5.74) is 2.81. The van der Waals surface area contributed by atoms with Crippen molar-refractivity contribution in [2.24, 2.45) is 11.8 Å². The number of nitrogens with one attached hydrogen (secondary N) is 1. The molecule has 8 heteroatoms. The van der Waals surface area contributed by atoms with E-state index in [2.05, 4.69) is 46.6 Å². The predicted molar refractivity (Wildman–Crippen MR) is 89.9 cm³/mol. The van der Waals surface area contributed by atoms with Gasteiger partial charge in [0.2, 0.25) is 0 Å². The number of nitrogens with zero attached hydrogens (tertiary/aromatic N) is 7. The molecule has 5 heterocycles. The molecule has 0 saturated carbocycles. The van der Waals surface area contributed by atoms with Crippen LogP contribution in [-0.2, 0) is 0 Å². The zero-order valence-electron chi connectivity index (χ0n) is 13.4. The molecule has 0 amide bonds. The van der Waals surface area contributed by atoms with E-state index in [1.165, 1.54) is 0 Å². The smallest absolute Gasteiger partial charge is 0.182 e. The number of aromatic nitrogens is 6. The molecule has 0 spiro atoms. The van der Waals surface area contributed by atoms with E-state index in [1.54, 1.807) is 19.0 Å². The van der Waals surface area contributed by atoms with E-state index < -0.39 is 0 Å². The van der Waals surface area contributed by atoms with Gasteiger partial charge >= 0.3 is 0 Å². The van der Waals surface area contributed by atoms with Crippen LogP contribution < -0.4 is 9.80 Å². The van der Waals surface area contributed by atoms with Gasteiger partial charge in [0.05, 0.1) is 6.33 Å². The van der Waals surface area contributed by atoms with Gasteiger partial charge in [0, 0.05) is 49.8 Å². The Labute approximate surface area is 139 Å². The number of aromatic amines is 1. The standard InChI is InChI=1S/C16H18N8/c1-10-2-17-7-21-15(10)23-3-11-5-24(6-12(11)4-23)16-13-14(19-8-18-13)20-9-22-16/h2,7-9,11-12H,3-6H2,1H3,(H,18,19,20,22). The molecule has 0 aromatic carbocycles. The van der Waals surface area contributed by atoms with Gasteiger partial charge in [-0.05, 0) is 6.92 Å². The lowest BCUT2D eigenvalue weighted by molar-refractivity contribution is 0.533. The third-order valence-corrected chi connectivity index (χ3v) is 5.16. The normalized spacial score (nSPS) is 23.2. The molecule has 2 saturated heterocycles. The van der Waals surface area contributed by atoms with Crippen LogP contribution in [0.2, 0.25) is 0 Å². The first kappa shape index (κ1) is 13.6. The lowest BCUT2D eigenvalue weighted by Crippen LogP contribution is -2.30.